The average Bonchev–Trinajstić information content (AvgIpc) is 2.95. The fraction of sp³-hybridized carbons (Fsp3) is 0.276. The fourth-order valence-electron chi connectivity index (χ4n) is 3.85. The monoisotopic (exact) mass is 676 g/mol. The van der Waals surface area contributed by atoms with Gasteiger partial charge in [0.05, 0.1) is 32.4 Å². The summed E-state index contributed by atoms with van der Waals surface area (Å²) in [5.41, 5.74) is 11.5. The van der Waals surface area contributed by atoms with Gasteiger partial charge in [-0.1, -0.05) is 31.2 Å². The molecular weight excluding hydrogens is 637 g/mol. The summed E-state index contributed by atoms with van der Waals surface area (Å²) in [5.74, 6) is -1.01. The minimum absolute atomic E-state index is 0. The zero-order valence-electron chi connectivity index (χ0n) is 24.6. The Kier molecular flexibility index (Phi) is 21.3. The van der Waals surface area contributed by atoms with Crippen LogP contribution in [0.3, 0.4) is 0 Å². The second-order valence-electron chi connectivity index (χ2n) is 8.16. The second kappa shape index (κ2) is 22.0. The average molecular weight is 677 g/mol. The molecule has 13 nitrogen and oxygen atoms in total. The molecule has 0 fully saturated rings. The van der Waals surface area contributed by atoms with E-state index in [0.717, 1.165) is 6.54 Å². The summed E-state index contributed by atoms with van der Waals surface area (Å²) in [4.78, 5) is 35.7. The molecule has 9 N–H and O–H groups in total. The van der Waals surface area contributed by atoms with Gasteiger partial charge in [0, 0.05) is 50.9 Å². The van der Waals surface area contributed by atoms with Gasteiger partial charge in [0.25, 0.3) is 0 Å². The Hall–Kier alpha value is -3.59. The van der Waals surface area contributed by atoms with Crippen molar-refractivity contribution in [2.45, 2.75) is 19.5 Å². The molecule has 0 saturated heterocycles. The summed E-state index contributed by atoms with van der Waals surface area (Å²) in [7, 11) is 4.51. The minimum atomic E-state index is -1.45. The number of carboxylic acid groups (broad SMARTS) is 3. The van der Waals surface area contributed by atoms with Crippen LogP contribution in [-0.2, 0) is 44.0 Å². The number of nitrogens with two attached hydrogens (primary N) is 3. The number of benzene rings is 3. The molecule has 0 aromatic heterocycles. The Labute approximate surface area is 276 Å². The number of hydrogen-bond donors (Lipinski definition) is 5. The first-order valence-electron chi connectivity index (χ1n) is 12.4. The summed E-state index contributed by atoms with van der Waals surface area (Å²) in [6.45, 7) is 2.47. The summed E-state index contributed by atoms with van der Waals surface area (Å²) < 4.78 is 15.6. The standard InChI is InChI=1S/C26H25NO9.C2H7N.CH5N.H2N.Y/c1-34-20-11-12-21(22(13-20)35-2)24(17-7-9-19(10-8-17)36-26(32)33)27(15-23(28)29)14-16-3-5-18(6-4-16)25(30)31;1-2-3;1-2;;/h3-13,24H,14-15H2,1-2H3,(H,28,29)(H,30,31)(H,32,33);2-3H2,1H3;2H2,1H3;1H2;/q;;;-1;. The Morgan fingerprint density at radius 1 is 0.860 bits per heavy atom. The predicted molar refractivity (Wildman–Crippen MR) is 158 cm³/mol. The first-order valence-corrected chi connectivity index (χ1v) is 12.4. The van der Waals surface area contributed by atoms with Crippen LogP contribution in [0.25, 0.3) is 6.15 Å². The van der Waals surface area contributed by atoms with Crippen LogP contribution in [0.1, 0.15) is 40.0 Å². The maximum absolute atomic E-state index is 11.9. The molecule has 3 rings (SSSR count). The van der Waals surface area contributed by atoms with Crippen molar-refractivity contribution in [1.82, 2.24) is 4.90 Å². The molecule has 233 valence electrons. The summed E-state index contributed by atoms with van der Waals surface area (Å²) in [6.07, 6.45) is -1.45. The van der Waals surface area contributed by atoms with Crippen LogP contribution in [0.5, 0.6) is 17.2 Å². The predicted octanol–water partition coefficient (Wildman–Crippen LogP) is 4.39. The summed E-state index contributed by atoms with van der Waals surface area (Å²) >= 11 is 0. The first kappa shape index (κ1) is 41.5. The zero-order valence-corrected chi connectivity index (χ0v) is 27.4. The maximum atomic E-state index is 11.9. The third-order valence-electron chi connectivity index (χ3n) is 5.43. The van der Waals surface area contributed by atoms with Gasteiger partial charge in [0.2, 0.25) is 0 Å². The SMILES string of the molecule is CCN.CN.COc1ccc(C(c2ccc(OC(=O)O)cc2)N(CC(=O)O)Cc2ccc(C(=O)O)cc2)c(OC)c1.[NH2-].[Y]. The largest absolute Gasteiger partial charge is 0.693 e. The van der Waals surface area contributed by atoms with Crippen molar-refractivity contribution in [3.63, 3.8) is 0 Å². The topological polar surface area (TPSA) is 228 Å². The van der Waals surface area contributed by atoms with E-state index in [-0.39, 0.29) is 63.3 Å². The number of rotatable bonds is 11. The fourth-order valence-corrected chi connectivity index (χ4v) is 3.85. The molecule has 0 heterocycles. The Bertz CT molecular complexity index is 1260. The normalized spacial score (nSPS) is 10.2. The van der Waals surface area contributed by atoms with Crippen LogP contribution in [0.2, 0.25) is 0 Å². The van der Waals surface area contributed by atoms with Crippen molar-refractivity contribution < 1.29 is 76.6 Å². The molecule has 43 heavy (non-hydrogen) atoms. The molecule has 0 aliphatic rings. The molecule has 1 atom stereocenters. The van der Waals surface area contributed by atoms with Gasteiger partial charge in [0.1, 0.15) is 17.2 Å². The Balaban J connectivity index is 0. The van der Waals surface area contributed by atoms with E-state index in [1.165, 1.54) is 45.5 Å². The third-order valence-corrected chi connectivity index (χ3v) is 5.43. The number of aromatic carboxylic acids is 1. The number of methoxy groups -OCH3 is 2. The number of carbonyl (C=O) groups is 3. The van der Waals surface area contributed by atoms with E-state index in [2.05, 4.69) is 5.73 Å². The van der Waals surface area contributed by atoms with E-state index in [1.807, 2.05) is 6.92 Å². The number of carboxylic acids is 2. The van der Waals surface area contributed by atoms with Crippen LogP contribution in [0.15, 0.2) is 66.7 Å². The zero-order chi connectivity index (χ0) is 30.9. The molecule has 0 bridgehead atoms. The van der Waals surface area contributed by atoms with E-state index in [1.54, 1.807) is 47.4 Å². The number of nitrogens with zero attached hydrogens (tertiary/aromatic N) is 1. The number of ether oxygens (including phenoxy) is 3. The van der Waals surface area contributed by atoms with Crippen LogP contribution < -0.4 is 25.7 Å². The van der Waals surface area contributed by atoms with E-state index in [9.17, 15) is 24.6 Å². The van der Waals surface area contributed by atoms with Crippen molar-refractivity contribution in [2.24, 2.45) is 11.5 Å². The Morgan fingerprint density at radius 2 is 1.40 bits per heavy atom. The molecule has 1 radical (unpaired) electrons. The van der Waals surface area contributed by atoms with Crippen LogP contribution in [0, 0.1) is 0 Å². The van der Waals surface area contributed by atoms with Crippen molar-refractivity contribution in [3.05, 3.63) is 95.1 Å². The van der Waals surface area contributed by atoms with Gasteiger partial charge < -0.3 is 47.1 Å². The van der Waals surface area contributed by atoms with Gasteiger partial charge in [-0.15, -0.1) is 0 Å². The van der Waals surface area contributed by atoms with Gasteiger partial charge in [-0.25, -0.2) is 9.59 Å². The van der Waals surface area contributed by atoms with E-state index in [4.69, 9.17) is 25.1 Å². The Morgan fingerprint density at radius 3 is 1.84 bits per heavy atom. The van der Waals surface area contributed by atoms with E-state index >= 15 is 0 Å². The molecule has 0 amide bonds. The van der Waals surface area contributed by atoms with Gasteiger partial charge in [0.15, 0.2) is 0 Å². The summed E-state index contributed by atoms with van der Waals surface area (Å²) in [6, 6.07) is 17.0. The van der Waals surface area contributed by atoms with Crippen molar-refractivity contribution in [3.8, 4) is 17.2 Å². The molecule has 0 aliphatic heterocycles. The van der Waals surface area contributed by atoms with Crippen LogP contribution >= 0.6 is 0 Å². The van der Waals surface area contributed by atoms with Crippen molar-refractivity contribution >= 4 is 18.1 Å². The van der Waals surface area contributed by atoms with Gasteiger partial charge in [-0.05, 0) is 61.1 Å². The molecule has 1 unspecified atom stereocenters. The van der Waals surface area contributed by atoms with E-state index < -0.39 is 24.1 Å². The molecule has 0 spiro atoms. The summed E-state index contributed by atoms with van der Waals surface area (Å²) in [5, 5.41) is 27.8. The van der Waals surface area contributed by atoms with Gasteiger partial charge in [-0.3, -0.25) is 9.69 Å². The first-order chi connectivity index (χ1) is 19.6. The smallest absolute Gasteiger partial charge is 0.511 e. The molecular formula is C29H39N4O9Y-. The third kappa shape index (κ3) is 13.5. The number of aliphatic carboxylic acids is 1. The second-order valence-corrected chi connectivity index (χ2v) is 8.16. The molecule has 14 heteroatoms. The number of hydrogen-bond acceptors (Lipinski definition) is 9. The molecule has 3 aromatic carbocycles. The van der Waals surface area contributed by atoms with Crippen LogP contribution in [0.4, 0.5) is 4.79 Å². The van der Waals surface area contributed by atoms with Gasteiger partial charge >= 0.3 is 18.1 Å². The molecule has 0 aliphatic carbocycles. The quantitative estimate of drug-likeness (QED) is 0.141. The van der Waals surface area contributed by atoms with E-state index in [0.29, 0.717) is 28.2 Å². The molecule has 3 aromatic rings. The molecule has 0 saturated carbocycles. The van der Waals surface area contributed by atoms with Crippen molar-refractivity contribution in [2.75, 3.05) is 34.4 Å². The van der Waals surface area contributed by atoms with Gasteiger partial charge in [-0.2, -0.15) is 0 Å². The van der Waals surface area contributed by atoms with Crippen molar-refractivity contribution in [1.29, 1.82) is 0 Å². The maximum Gasteiger partial charge on any atom is 0.511 e. The minimum Gasteiger partial charge on any atom is -0.693 e. The van der Waals surface area contributed by atoms with Crippen LogP contribution in [-0.4, -0.2) is 72.7 Å².